The highest BCUT2D eigenvalue weighted by Gasteiger charge is 2.44. The van der Waals surface area contributed by atoms with Crippen LogP contribution in [0.2, 0.25) is 0 Å². The van der Waals surface area contributed by atoms with E-state index in [2.05, 4.69) is 79.9 Å². The molecule has 81 heavy (non-hydrogen) atoms. The molecule has 0 aromatic heterocycles. The number of amides is 1. The fourth-order valence-corrected chi connectivity index (χ4v) is 10.8. The SMILES string of the molecule is CCCCCCC/C=C\C/C=C\C/C=C\CCCCCCCCCCCCC(=O)NC(COC1OC(CO)C(O)C(O)C1O)C(O)/C=C/CC/C=C/CC/C=C/CCCCCCCCCCCCCCCCCCCCCCCCC. The molecule has 472 valence electrons. The molecule has 7 atom stereocenters. The number of allylic oxidation sites excluding steroid dienone is 11. The Labute approximate surface area is 499 Å². The molecule has 9 nitrogen and oxygen atoms in total. The lowest BCUT2D eigenvalue weighted by atomic mass is 9.99. The van der Waals surface area contributed by atoms with E-state index in [1.54, 1.807) is 6.08 Å². The quantitative estimate of drug-likeness (QED) is 0.0261. The summed E-state index contributed by atoms with van der Waals surface area (Å²) in [6.45, 7) is 3.78. The van der Waals surface area contributed by atoms with Crippen molar-refractivity contribution in [3.63, 3.8) is 0 Å². The Morgan fingerprint density at radius 1 is 0.420 bits per heavy atom. The second-order valence-corrected chi connectivity index (χ2v) is 24.0. The number of hydrogen-bond acceptors (Lipinski definition) is 8. The summed E-state index contributed by atoms with van der Waals surface area (Å²) in [7, 11) is 0. The van der Waals surface area contributed by atoms with Gasteiger partial charge in [-0.2, -0.15) is 0 Å². The van der Waals surface area contributed by atoms with E-state index in [-0.39, 0.29) is 12.5 Å². The number of carbonyl (C=O) groups is 1. The lowest BCUT2D eigenvalue weighted by Gasteiger charge is -2.40. The Kier molecular flexibility index (Phi) is 57.5. The van der Waals surface area contributed by atoms with E-state index >= 15 is 0 Å². The van der Waals surface area contributed by atoms with E-state index < -0.39 is 49.5 Å². The standard InChI is InChI=1S/C72H131NO8/c1-3-5-7-9-11-13-15-17-19-21-23-25-27-29-30-31-32-33-34-35-36-38-39-41-43-45-47-49-51-53-55-57-59-61-66(75)65(64-80-72-71(79)70(78)69(77)67(63-74)81-72)73-68(76)62-60-58-56-54-52-50-48-46-44-42-40-37-28-26-24-22-20-18-16-14-12-10-8-6-4-2/h16,18,22,24,28,37,43,45,51,53,59,61,65-67,69-72,74-75,77-79H,3-15,17,19-21,23,25-27,29-36,38-42,44,46-50,52,54-58,60,62-64H2,1-2H3,(H,73,76)/b18-16-,24-22-,37-28-,45-43+,53-51+,61-59+. The first-order valence-electron chi connectivity index (χ1n) is 34.7. The average molecular weight is 1140 g/mol. The Morgan fingerprint density at radius 3 is 1.12 bits per heavy atom. The molecule has 1 rings (SSSR count). The number of carbonyl (C=O) groups excluding carboxylic acids is 1. The van der Waals surface area contributed by atoms with Gasteiger partial charge in [0.2, 0.25) is 5.91 Å². The molecule has 0 spiro atoms. The van der Waals surface area contributed by atoms with Crippen molar-refractivity contribution in [3.05, 3.63) is 72.9 Å². The molecule has 1 saturated heterocycles. The predicted octanol–water partition coefficient (Wildman–Crippen LogP) is 18.8. The Morgan fingerprint density at radius 2 is 0.741 bits per heavy atom. The summed E-state index contributed by atoms with van der Waals surface area (Å²) >= 11 is 0. The molecule has 0 saturated carbocycles. The summed E-state index contributed by atoms with van der Waals surface area (Å²) in [5.41, 5.74) is 0. The van der Waals surface area contributed by atoms with Crippen LogP contribution in [0.3, 0.4) is 0 Å². The zero-order valence-corrected chi connectivity index (χ0v) is 52.8. The van der Waals surface area contributed by atoms with Gasteiger partial charge in [0, 0.05) is 6.42 Å². The summed E-state index contributed by atoms with van der Waals surface area (Å²) in [5, 5.41) is 54.7. The Balaban J connectivity index is 2.18. The molecule has 0 aliphatic carbocycles. The second kappa shape index (κ2) is 60.7. The first-order chi connectivity index (χ1) is 39.8. The van der Waals surface area contributed by atoms with Crippen molar-refractivity contribution in [1.29, 1.82) is 0 Å². The van der Waals surface area contributed by atoms with E-state index in [4.69, 9.17) is 9.47 Å². The Hall–Kier alpha value is -2.37. The molecule has 1 amide bonds. The van der Waals surface area contributed by atoms with Gasteiger partial charge in [0.05, 0.1) is 25.4 Å². The van der Waals surface area contributed by atoms with Gasteiger partial charge in [-0.1, -0.05) is 305 Å². The van der Waals surface area contributed by atoms with Gasteiger partial charge in [0.25, 0.3) is 0 Å². The maximum Gasteiger partial charge on any atom is 0.220 e. The van der Waals surface area contributed by atoms with Crippen LogP contribution in [-0.4, -0.2) is 87.5 Å². The lowest BCUT2D eigenvalue weighted by Crippen LogP contribution is -2.60. The first kappa shape index (κ1) is 76.6. The molecule has 7 unspecified atom stereocenters. The minimum atomic E-state index is -1.58. The number of unbranched alkanes of at least 4 members (excludes halogenated alkanes) is 40. The molecule has 0 aromatic rings. The van der Waals surface area contributed by atoms with Gasteiger partial charge in [0.1, 0.15) is 24.4 Å². The van der Waals surface area contributed by atoms with Crippen molar-refractivity contribution >= 4 is 5.91 Å². The van der Waals surface area contributed by atoms with E-state index in [1.807, 2.05) is 6.08 Å². The smallest absolute Gasteiger partial charge is 0.220 e. The van der Waals surface area contributed by atoms with E-state index in [1.165, 1.54) is 231 Å². The van der Waals surface area contributed by atoms with E-state index in [9.17, 15) is 30.3 Å². The van der Waals surface area contributed by atoms with Crippen LogP contribution in [0, 0.1) is 0 Å². The van der Waals surface area contributed by atoms with Crippen LogP contribution in [0.25, 0.3) is 0 Å². The largest absolute Gasteiger partial charge is 0.394 e. The molecule has 1 heterocycles. The van der Waals surface area contributed by atoms with Gasteiger partial charge in [-0.25, -0.2) is 0 Å². The third kappa shape index (κ3) is 49.6. The summed E-state index contributed by atoms with van der Waals surface area (Å²) in [4.78, 5) is 13.1. The topological polar surface area (TPSA) is 149 Å². The molecule has 0 aromatic carbocycles. The monoisotopic (exact) mass is 1140 g/mol. The number of ether oxygens (including phenoxy) is 2. The van der Waals surface area contributed by atoms with Crippen molar-refractivity contribution in [1.82, 2.24) is 5.32 Å². The van der Waals surface area contributed by atoms with Crippen LogP contribution >= 0.6 is 0 Å². The zero-order valence-electron chi connectivity index (χ0n) is 52.8. The second-order valence-electron chi connectivity index (χ2n) is 24.0. The molecule has 1 fully saturated rings. The first-order valence-corrected chi connectivity index (χ1v) is 34.7. The van der Waals surface area contributed by atoms with Gasteiger partial charge in [-0.15, -0.1) is 0 Å². The molecule has 0 radical (unpaired) electrons. The normalized spacial score (nSPS) is 18.8. The fraction of sp³-hybridized carbons (Fsp3) is 0.819. The third-order valence-corrected chi connectivity index (χ3v) is 16.2. The number of aliphatic hydroxyl groups is 5. The fourth-order valence-electron chi connectivity index (χ4n) is 10.8. The van der Waals surface area contributed by atoms with E-state index in [0.29, 0.717) is 6.42 Å². The van der Waals surface area contributed by atoms with Crippen LogP contribution in [0.4, 0.5) is 0 Å². The highest BCUT2D eigenvalue weighted by molar-refractivity contribution is 5.76. The highest BCUT2D eigenvalue weighted by Crippen LogP contribution is 2.23. The summed E-state index contributed by atoms with van der Waals surface area (Å²) in [6.07, 6.45) is 78.7. The van der Waals surface area contributed by atoms with Crippen molar-refractivity contribution in [2.75, 3.05) is 13.2 Å². The van der Waals surface area contributed by atoms with Crippen LogP contribution in [0.5, 0.6) is 0 Å². The summed E-state index contributed by atoms with van der Waals surface area (Å²) in [6, 6.07) is -0.836. The molecule has 1 aliphatic heterocycles. The predicted molar refractivity (Wildman–Crippen MR) is 345 cm³/mol. The maximum absolute atomic E-state index is 13.1. The minimum absolute atomic E-state index is 0.194. The van der Waals surface area contributed by atoms with Crippen LogP contribution < -0.4 is 5.32 Å². The maximum atomic E-state index is 13.1. The van der Waals surface area contributed by atoms with Gasteiger partial charge >= 0.3 is 0 Å². The number of nitrogens with one attached hydrogen (secondary N) is 1. The number of hydrogen-bond donors (Lipinski definition) is 6. The summed E-state index contributed by atoms with van der Waals surface area (Å²) < 4.78 is 11.3. The number of aliphatic hydroxyl groups excluding tert-OH is 5. The average Bonchev–Trinajstić information content (AvgIpc) is 3.49. The van der Waals surface area contributed by atoms with Crippen molar-refractivity contribution < 1.29 is 39.8 Å². The number of rotatable bonds is 60. The molecule has 1 aliphatic rings. The third-order valence-electron chi connectivity index (χ3n) is 16.2. The van der Waals surface area contributed by atoms with Crippen molar-refractivity contribution in [3.8, 4) is 0 Å². The van der Waals surface area contributed by atoms with Gasteiger partial charge < -0.3 is 40.3 Å². The summed E-state index contributed by atoms with van der Waals surface area (Å²) in [5.74, 6) is -0.194. The minimum Gasteiger partial charge on any atom is -0.394 e. The van der Waals surface area contributed by atoms with Gasteiger partial charge in [-0.3, -0.25) is 4.79 Å². The van der Waals surface area contributed by atoms with Gasteiger partial charge in [0.15, 0.2) is 6.29 Å². The highest BCUT2D eigenvalue weighted by atomic mass is 16.7. The zero-order chi connectivity index (χ0) is 58.6. The van der Waals surface area contributed by atoms with Gasteiger partial charge in [-0.05, 0) is 83.5 Å². The molecular weight excluding hydrogens is 1010 g/mol. The molecule has 9 heteroatoms. The van der Waals surface area contributed by atoms with Crippen LogP contribution in [-0.2, 0) is 14.3 Å². The van der Waals surface area contributed by atoms with E-state index in [0.717, 1.165) is 70.6 Å². The van der Waals surface area contributed by atoms with Crippen molar-refractivity contribution in [2.24, 2.45) is 0 Å². The Bertz CT molecular complexity index is 1510. The molecule has 6 N–H and O–H groups in total. The lowest BCUT2D eigenvalue weighted by molar-refractivity contribution is -0.302. The van der Waals surface area contributed by atoms with Crippen LogP contribution in [0.15, 0.2) is 72.9 Å². The van der Waals surface area contributed by atoms with Crippen LogP contribution in [0.1, 0.15) is 322 Å². The molecule has 0 bridgehead atoms. The molecular formula is C72H131NO8. The van der Waals surface area contributed by atoms with Crippen molar-refractivity contribution in [2.45, 2.75) is 365 Å².